The van der Waals surface area contributed by atoms with Crippen molar-refractivity contribution in [2.24, 2.45) is 0 Å². The van der Waals surface area contributed by atoms with E-state index in [9.17, 15) is 4.79 Å². The maximum absolute atomic E-state index is 11.8. The van der Waals surface area contributed by atoms with Crippen molar-refractivity contribution in [3.05, 3.63) is 38.6 Å². The second kappa shape index (κ2) is 6.91. The number of hydrogen-bond acceptors (Lipinski definition) is 6. The quantitative estimate of drug-likeness (QED) is 0.818. The Balaban J connectivity index is 2.19. The van der Waals surface area contributed by atoms with Gasteiger partial charge in [0.05, 0.1) is 30.6 Å². The van der Waals surface area contributed by atoms with Crippen molar-refractivity contribution < 1.29 is 9.53 Å². The highest BCUT2D eigenvalue weighted by molar-refractivity contribution is 9.10. The third-order valence-corrected chi connectivity index (χ3v) is 4.50. The van der Waals surface area contributed by atoms with Crippen LogP contribution in [0.4, 0.5) is 11.5 Å². The number of aromatic nitrogens is 1. The van der Waals surface area contributed by atoms with Gasteiger partial charge < -0.3 is 15.4 Å². The van der Waals surface area contributed by atoms with Crippen molar-refractivity contribution in [3.8, 4) is 0 Å². The number of thiophene rings is 1. The van der Waals surface area contributed by atoms with Gasteiger partial charge in [0, 0.05) is 21.8 Å². The Bertz CT molecular complexity index is 645. The lowest BCUT2D eigenvalue weighted by molar-refractivity contribution is 0.0527. The molecule has 0 bridgehead atoms. The number of ether oxygens (including phenoxy) is 1. The van der Waals surface area contributed by atoms with Crippen molar-refractivity contribution in [1.82, 2.24) is 4.98 Å². The molecule has 2 aromatic heterocycles. The molecule has 0 aliphatic carbocycles. The van der Waals surface area contributed by atoms with Gasteiger partial charge >= 0.3 is 5.97 Å². The average Bonchev–Trinajstić information content (AvgIpc) is 2.84. The molecule has 0 saturated heterocycles. The van der Waals surface area contributed by atoms with Gasteiger partial charge in [-0.2, -0.15) is 0 Å². The van der Waals surface area contributed by atoms with Gasteiger partial charge in [-0.15, -0.1) is 11.3 Å². The zero-order chi connectivity index (χ0) is 15.4. The fourth-order valence-electron chi connectivity index (χ4n) is 1.80. The van der Waals surface area contributed by atoms with Crippen LogP contribution in [0, 0.1) is 0 Å². The molecule has 0 unspecified atom stereocenters. The molecule has 0 fully saturated rings. The van der Waals surface area contributed by atoms with Gasteiger partial charge in [0.25, 0.3) is 0 Å². The summed E-state index contributed by atoms with van der Waals surface area (Å²) in [5.41, 5.74) is 6.46. The summed E-state index contributed by atoms with van der Waals surface area (Å²) in [6.45, 7) is 2.78. The summed E-state index contributed by atoms with van der Waals surface area (Å²) in [6, 6.07) is 3.72. The van der Waals surface area contributed by atoms with Gasteiger partial charge in [-0.05, 0) is 35.0 Å². The molecule has 21 heavy (non-hydrogen) atoms. The molecule has 112 valence electrons. The first-order valence-corrected chi connectivity index (χ1v) is 8.05. The van der Waals surface area contributed by atoms with E-state index in [1.807, 2.05) is 17.3 Å². The number of carbonyl (C=O) groups is 1. The minimum absolute atomic E-state index is 0.314. The Morgan fingerprint density at radius 1 is 1.52 bits per heavy atom. The van der Waals surface area contributed by atoms with Crippen LogP contribution < -0.4 is 10.6 Å². The van der Waals surface area contributed by atoms with Crippen LogP contribution in [-0.4, -0.2) is 24.6 Å². The molecular weight excluding hydrogens is 354 g/mol. The van der Waals surface area contributed by atoms with Crippen LogP contribution in [0.1, 0.15) is 22.2 Å². The average molecular weight is 370 g/mol. The van der Waals surface area contributed by atoms with Gasteiger partial charge in [-0.1, -0.05) is 0 Å². The number of pyridine rings is 1. The molecule has 0 amide bonds. The first-order valence-electron chi connectivity index (χ1n) is 6.38. The van der Waals surface area contributed by atoms with Crippen molar-refractivity contribution in [2.75, 3.05) is 24.3 Å². The zero-order valence-corrected chi connectivity index (χ0v) is 14.2. The highest BCUT2D eigenvalue weighted by Crippen LogP contribution is 2.24. The van der Waals surface area contributed by atoms with Crippen LogP contribution in [0.5, 0.6) is 0 Å². The lowest BCUT2D eigenvalue weighted by atomic mass is 10.2. The first-order chi connectivity index (χ1) is 10.0. The summed E-state index contributed by atoms with van der Waals surface area (Å²) in [5.74, 6) is 0.252. The van der Waals surface area contributed by atoms with Gasteiger partial charge in [-0.3, -0.25) is 0 Å². The molecule has 5 nitrogen and oxygen atoms in total. The third kappa shape index (κ3) is 3.95. The number of nitrogens with two attached hydrogens (primary N) is 1. The smallest absolute Gasteiger partial charge is 0.340 e. The Morgan fingerprint density at radius 3 is 2.90 bits per heavy atom. The maximum Gasteiger partial charge on any atom is 0.340 e. The van der Waals surface area contributed by atoms with Crippen LogP contribution in [0.15, 0.2) is 28.2 Å². The monoisotopic (exact) mass is 369 g/mol. The molecule has 2 N–H and O–H groups in total. The van der Waals surface area contributed by atoms with Crippen molar-refractivity contribution in [3.63, 3.8) is 0 Å². The Hall–Kier alpha value is -1.60. The van der Waals surface area contributed by atoms with Gasteiger partial charge in [0.15, 0.2) is 0 Å². The fourth-order valence-corrected chi connectivity index (χ4v) is 3.30. The molecule has 0 saturated carbocycles. The van der Waals surface area contributed by atoms with Crippen LogP contribution in [0.3, 0.4) is 0 Å². The summed E-state index contributed by atoms with van der Waals surface area (Å²) < 4.78 is 6.06. The topological polar surface area (TPSA) is 68.5 Å². The minimum atomic E-state index is -0.425. The fraction of sp³-hybridized carbons (Fsp3) is 0.286. The van der Waals surface area contributed by atoms with E-state index in [1.54, 1.807) is 24.3 Å². The van der Waals surface area contributed by atoms with Crippen molar-refractivity contribution in [1.29, 1.82) is 0 Å². The molecule has 2 rings (SSSR count). The molecule has 0 atom stereocenters. The standard InChI is InChI=1S/C14H16BrN3O2S/c1-3-20-14(19)11-5-13(17-6-12(11)16)18(2)7-10-4-9(15)8-21-10/h4-6,8H,3,7,16H2,1-2H3. The molecule has 0 aliphatic heterocycles. The minimum Gasteiger partial charge on any atom is -0.462 e. The molecule has 0 aromatic carbocycles. The number of anilines is 2. The Labute approximate surface area is 135 Å². The molecule has 0 spiro atoms. The summed E-state index contributed by atoms with van der Waals surface area (Å²) in [6.07, 6.45) is 1.49. The lowest BCUT2D eigenvalue weighted by Crippen LogP contribution is -2.18. The predicted octanol–water partition coefficient (Wildman–Crippen LogP) is 3.30. The van der Waals surface area contributed by atoms with E-state index in [1.165, 1.54) is 11.1 Å². The van der Waals surface area contributed by atoms with E-state index in [2.05, 4.69) is 27.0 Å². The zero-order valence-electron chi connectivity index (χ0n) is 11.8. The molecule has 2 aromatic rings. The number of esters is 1. The second-order valence-corrected chi connectivity index (χ2v) is 6.35. The van der Waals surface area contributed by atoms with Crippen molar-refractivity contribution in [2.45, 2.75) is 13.5 Å². The Kier molecular flexibility index (Phi) is 5.19. The number of nitrogen functional groups attached to an aromatic ring is 1. The Morgan fingerprint density at radius 2 is 2.29 bits per heavy atom. The van der Waals surface area contributed by atoms with Gasteiger partial charge in [0.1, 0.15) is 5.82 Å². The van der Waals surface area contributed by atoms with E-state index in [-0.39, 0.29) is 0 Å². The van der Waals surface area contributed by atoms with E-state index >= 15 is 0 Å². The molecule has 0 radical (unpaired) electrons. The van der Waals surface area contributed by atoms with Gasteiger partial charge in [0.2, 0.25) is 0 Å². The highest BCUT2D eigenvalue weighted by Gasteiger charge is 2.14. The molecular formula is C14H16BrN3O2S. The van der Waals surface area contributed by atoms with E-state index in [0.717, 1.165) is 4.47 Å². The number of nitrogens with zero attached hydrogens (tertiary/aromatic N) is 2. The normalized spacial score (nSPS) is 10.4. The number of hydrogen-bond donors (Lipinski definition) is 1. The van der Waals surface area contributed by atoms with E-state index in [4.69, 9.17) is 10.5 Å². The summed E-state index contributed by atoms with van der Waals surface area (Å²) in [4.78, 5) is 19.3. The molecule has 0 aliphatic rings. The maximum atomic E-state index is 11.8. The van der Waals surface area contributed by atoms with Crippen molar-refractivity contribution >= 4 is 44.7 Å². The van der Waals surface area contributed by atoms with Crippen LogP contribution in [0.25, 0.3) is 0 Å². The number of rotatable bonds is 5. The predicted molar refractivity (Wildman–Crippen MR) is 88.7 cm³/mol. The van der Waals surface area contributed by atoms with Gasteiger partial charge in [-0.25, -0.2) is 9.78 Å². The second-order valence-electron chi connectivity index (χ2n) is 4.44. The lowest BCUT2D eigenvalue weighted by Gasteiger charge is -2.18. The highest BCUT2D eigenvalue weighted by atomic mass is 79.9. The number of halogens is 1. The molecule has 7 heteroatoms. The number of carbonyl (C=O) groups excluding carboxylic acids is 1. The van der Waals surface area contributed by atoms with E-state index < -0.39 is 5.97 Å². The van der Waals surface area contributed by atoms with Crippen LogP contribution in [-0.2, 0) is 11.3 Å². The third-order valence-electron chi connectivity index (χ3n) is 2.82. The summed E-state index contributed by atoms with van der Waals surface area (Å²) in [7, 11) is 1.92. The largest absolute Gasteiger partial charge is 0.462 e. The SMILES string of the molecule is CCOC(=O)c1cc(N(C)Cc2cc(Br)cs2)ncc1N. The van der Waals surface area contributed by atoms with Crippen LogP contribution >= 0.6 is 27.3 Å². The summed E-state index contributed by atoms with van der Waals surface area (Å²) in [5, 5.41) is 2.03. The summed E-state index contributed by atoms with van der Waals surface area (Å²) >= 11 is 5.10. The first kappa shape index (κ1) is 15.8. The molecule has 2 heterocycles. The van der Waals surface area contributed by atoms with Crippen LogP contribution in [0.2, 0.25) is 0 Å². The van der Waals surface area contributed by atoms with E-state index in [0.29, 0.717) is 30.2 Å².